The average Bonchev–Trinajstić information content (AvgIpc) is 3.05. The molecule has 2 aromatic heterocycles. The first-order valence-electron chi connectivity index (χ1n) is 6.05. The molecule has 0 saturated heterocycles. The third kappa shape index (κ3) is 4.20. The van der Waals surface area contributed by atoms with Gasteiger partial charge in [0.2, 0.25) is 5.91 Å². The van der Waals surface area contributed by atoms with Crippen molar-refractivity contribution in [3.05, 3.63) is 38.2 Å². The highest BCUT2D eigenvalue weighted by Gasteiger charge is 2.14. The molecule has 2 aromatic rings. The molecular weight excluding hydrogens is 310 g/mol. The van der Waals surface area contributed by atoms with Gasteiger partial charge in [0.15, 0.2) is 5.69 Å². The molecule has 0 aromatic carbocycles. The molecule has 21 heavy (non-hydrogen) atoms. The van der Waals surface area contributed by atoms with E-state index in [1.807, 2.05) is 12.3 Å². The summed E-state index contributed by atoms with van der Waals surface area (Å²) in [5, 5.41) is 16.4. The van der Waals surface area contributed by atoms with E-state index in [0.29, 0.717) is 5.01 Å². The van der Waals surface area contributed by atoms with Crippen LogP contribution in [0.15, 0.2) is 16.8 Å². The summed E-state index contributed by atoms with van der Waals surface area (Å²) >= 11 is 2.72. The minimum atomic E-state index is -1.07. The molecule has 0 spiro atoms. The van der Waals surface area contributed by atoms with E-state index in [-0.39, 0.29) is 17.6 Å². The number of carbonyl (C=O) groups excluding carboxylic acids is 1. The predicted molar refractivity (Wildman–Crippen MR) is 81.5 cm³/mol. The third-order valence-electron chi connectivity index (χ3n) is 2.51. The lowest BCUT2D eigenvalue weighted by atomic mass is 10.3. The van der Waals surface area contributed by atoms with Gasteiger partial charge < -0.3 is 10.4 Å². The van der Waals surface area contributed by atoms with Crippen LogP contribution in [0.3, 0.4) is 0 Å². The number of nitrogens with zero attached hydrogens (tertiary/aromatic N) is 2. The van der Waals surface area contributed by atoms with Crippen molar-refractivity contribution in [1.82, 2.24) is 15.3 Å². The quantitative estimate of drug-likeness (QED) is 0.825. The second kappa shape index (κ2) is 6.59. The van der Waals surface area contributed by atoms with E-state index >= 15 is 0 Å². The minimum absolute atomic E-state index is 0.00964. The van der Waals surface area contributed by atoms with E-state index < -0.39 is 5.97 Å². The first kappa shape index (κ1) is 15.3. The number of carbonyl (C=O) groups is 2. The van der Waals surface area contributed by atoms with Crippen LogP contribution in [0.1, 0.15) is 39.2 Å². The Hall–Kier alpha value is -2.06. The molecular formula is C13H13N3O3S2. The monoisotopic (exact) mass is 323 g/mol. The maximum absolute atomic E-state index is 11.8. The third-order valence-corrected chi connectivity index (χ3v) is 4.33. The minimum Gasteiger partial charge on any atom is -0.476 e. The number of nitrogens with one attached hydrogen (secondary N) is 1. The van der Waals surface area contributed by atoms with Crippen molar-refractivity contribution in [2.75, 3.05) is 0 Å². The van der Waals surface area contributed by atoms with Gasteiger partial charge in [-0.15, -0.1) is 22.7 Å². The van der Waals surface area contributed by atoms with Gasteiger partial charge in [-0.25, -0.2) is 14.8 Å². The van der Waals surface area contributed by atoms with Crippen LogP contribution < -0.4 is 5.32 Å². The first-order valence-corrected chi connectivity index (χ1v) is 7.81. The van der Waals surface area contributed by atoms with Gasteiger partial charge in [-0.3, -0.25) is 4.79 Å². The van der Waals surface area contributed by atoms with E-state index in [1.165, 1.54) is 34.1 Å². The van der Waals surface area contributed by atoms with Crippen molar-refractivity contribution >= 4 is 40.6 Å². The van der Waals surface area contributed by atoms with Crippen molar-refractivity contribution < 1.29 is 14.7 Å². The number of aryl methyl sites for hydroxylation is 1. The fourth-order valence-electron chi connectivity index (χ4n) is 1.53. The van der Waals surface area contributed by atoms with Crippen LogP contribution in [0, 0.1) is 6.92 Å². The van der Waals surface area contributed by atoms with Gasteiger partial charge in [0.05, 0.1) is 16.7 Å². The molecule has 0 aliphatic rings. The van der Waals surface area contributed by atoms with Gasteiger partial charge in [0.1, 0.15) is 5.01 Å². The van der Waals surface area contributed by atoms with E-state index in [0.717, 1.165) is 10.7 Å². The number of hydrogen-bond donors (Lipinski definition) is 2. The van der Waals surface area contributed by atoms with Gasteiger partial charge in [-0.05, 0) is 19.9 Å². The summed E-state index contributed by atoms with van der Waals surface area (Å²) in [7, 11) is 0. The Morgan fingerprint density at radius 2 is 2.10 bits per heavy atom. The van der Waals surface area contributed by atoms with Crippen molar-refractivity contribution in [3.8, 4) is 0 Å². The summed E-state index contributed by atoms with van der Waals surface area (Å²) in [6, 6.07) is -0.350. The van der Waals surface area contributed by atoms with Crippen molar-refractivity contribution in [2.24, 2.45) is 0 Å². The molecule has 0 radical (unpaired) electrons. The highest BCUT2D eigenvalue weighted by molar-refractivity contribution is 7.10. The summed E-state index contributed by atoms with van der Waals surface area (Å²) in [5.41, 5.74) is 0.729. The summed E-state index contributed by atoms with van der Waals surface area (Å²) in [6.07, 6.45) is 3.03. The molecule has 6 nitrogen and oxygen atoms in total. The van der Waals surface area contributed by atoms with Gasteiger partial charge in [-0.1, -0.05) is 0 Å². The smallest absolute Gasteiger partial charge is 0.355 e. The molecule has 2 rings (SSSR count). The largest absolute Gasteiger partial charge is 0.476 e. The summed E-state index contributed by atoms with van der Waals surface area (Å²) in [6.45, 7) is 3.65. The number of aromatic carboxylic acids is 1. The lowest BCUT2D eigenvalue weighted by Gasteiger charge is -2.08. The Balaban J connectivity index is 1.95. The molecule has 2 heterocycles. The molecule has 1 atom stereocenters. The molecule has 0 aliphatic carbocycles. The van der Waals surface area contributed by atoms with Crippen LogP contribution in [0.25, 0.3) is 6.08 Å². The normalized spacial score (nSPS) is 12.5. The van der Waals surface area contributed by atoms with Gasteiger partial charge in [0.25, 0.3) is 0 Å². The molecule has 0 saturated carbocycles. The molecule has 2 N–H and O–H groups in total. The Labute approximate surface area is 129 Å². The maximum Gasteiger partial charge on any atom is 0.355 e. The van der Waals surface area contributed by atoms with E-state index in [2.05, 4.69) is 15.3 Å². The summed E-state index contributed by atoms with van der Waals surface area (Å²) in [5.74, 6) is -1.35. The Bertz CT molecular complexity index is 690. The van der Waals surface area contributed by atoms with Crippen molar-refractivity contribution in [3.63, 3.8) is 0 Å². The van der Waals surface area contributed by atoms with Crippen LogP contribution in [-0.4, -0.2) is 27.0 Å². The fourth-order valence-corrected chi connectivity index (χ4v) is 2.91. The SMILES string of the molecule is Cc1nc(C=CC(=O)NC(C)c2nc(C(=O)O)cs2)cs1. The van der Waals surface area contributed by atoms with Crippen LogP contribution >= 0.6 is 22.7 Å². The molecule has 1 unspecified atom stereocenters. The highest BCUT2D eigenvalue weighted by Crippen LogP contribution is 2.18. The predicted octanol–water partition coefficient (Wildman–Crippen LogP) is 2.50. The van der Waals surface area contributed by atoms with Crippen LogP contribution in [0.5, 0.6) is 0 Å². The number of carboxylic acids is 1. The lowest BCUT2D eigenvalue weighted by molar-refractivity contribution is -0.117. The second-order valence-electron chi connectivity index (χ2n) is 4.23. The van der Waals surface area contributed by atoms with Crippen LogP contribution in [0.2, 0.25) is 0 Å². The van der Waals surface area contributed by atoms with E-state index in [4.69, 9.17) is 5.11 Å². The number of carboxylic acid groups (broad SMARTS) is 1. The number of rotatable bonds is 5. The van der Waals surface area contributed by atoms with Crippen LogP contribution in [-0.2, 0) is 4.79 Å². The Kier molecular flexibility index (Phi) is 4.81. The van der Waals surface area contributed by atoms with Gasteiger partial charge in [0, 0.05) is 16.8 Å². The lowest BCUT2D eigenvalue weighted by Crippen LogP contribution is -2.24. The highest BCUT2D eigenvalue weighted by atomic mass is 32.1. The average molecular weight is 323 g/mol. The van der Waals surface area contributed by atoms with E-state index in [1.54, 1.807) is 13.0 Å². The molecule has 0 aliphatic heterocycles. The van der Waals surface area contributed by atoms with E-state index in [9.17, 15) is 9.59 Å². The fraction of sp³-hybridized carbons (Fsp3) is 0.231. The molecule has 0 fully saturated rings. The Morgan fingerprint density at radius 1 is 1.33 bits per heavy atom. The summed E-state index contributed by atoms with van der Waals surface area (Å²) < 4.78 is 0. The number of hydrogen-bond acceptors (Lipinski definition) is 6. The number of aromatic nitrogens is 2. The van der Waals surface area contributed by atoms with Gasteiger partial charge in [-0.2, -0.15) is 0 Å². The summed E-state index contributed by atoms with van der Waals surface area (Å²) in [4.78, 5) is 30.7. The zero-order valence-electron chi connectivity index (χ0n) is 11.4. The zero-order valence-corrected chi connectivity index (χ0v) is 13.0. The van der Waals surface area contributed by atoms with Crippen LogP contribution in [0.4, 0.5) is 0 Å². The standard InChI is InChI=1S/C13H13N3O3S2/c1-7(12-16-10(6-21-12)13(18)19)14-11(17)4-3-9-5-20-8(2)15-9/h3-7H,1-2H3,(H,14,17)(H,18,19). The topological polar surface area (TPSA) is 92.2 Å². The number of thiazole rings is 2. The zero-order chi connectivity index (χ0) is 15.4. The second-order valence-corrected chi connectivity index (χ2v) is 6.18. The Morgan fingerprint density at radius 3 is 2.67 bits per heavy atom. The van der Waals surface area contributed by atoms with Gasteiger partial charge >= 0.3 is 5.97 Å². The molecule has 1 amide bonds. The van der Waals surface area contributed by atoms with Crippen molar-refractivity contribution in [2.45, 2.75) is 19.9 Å². The molecule has 8 heteroatoms. The number of amides is 1. The van der Waals surface area contributed by atoms with Crippen molar-refractivity contribution in [1.29, 1.82) is 0 Å². The molecule has 110 valence electrons. The first-order chi connectivity index (χ1) is 9.95. The maximum atomic E-state index is 11.8. The molecule has 0 bridgehead atoms.